The minimum atomic E-state index is 0.0562. The maximum Gasteiger partial charge on any atom is 0.0701 e. The molecule has 1 N–H and O–H groups in total. The highest BCUT2D eigenvalue weighted by molar-refractivity contribution is 4.53. The van der Waals surface area contributed by atoms with Crippen LogP contribution in [-0.2, 0) is 18.9 Å². The van der Waals surface area contributed by atoms with Gasteiger partial charge in [-0.15, -0.1) is 0 Å². The van der Waals surface area contributed by atoms with Gasteiger partial charge in [0.25, 0.3) is 0 Å². The van der Waals surface area contributed by atoms with Crippen LogP contribution in [0.4, 0.5) is 0 Å². The summed E-state index contributed by atoms with van der Waals surface area (Å²) >= 11 is 0. The number of ether oxygens (including phenoxy) is 4. The highest BCUT2D eigenvalue weighted by atomic mass is 16.6. The zero-order chi connectivity index (χ0) is 16.3. The normalized spacial score (nSPS) is 12.7. The second-order valence-corrected chi connectivity index (χ2v) is 5.56. The van der Waals surface area contributed by atoms with Crippen LogP contribution < -0.4 is 0 Å². The van der Waals surface area contributed by atoms with E-state index in [2.05, 4.69) is 13.8 Å². The lowest BCUT2D eigenvalue weighted by Gasteiger charge is -2.11. The Balaban J connectivity index is 3.05. The topological polar surface area (TPSA) is 57.2 Å². The van der Waals surface area contributed by atoms with Crippen LogP contribution in [0.15, 0.2) is 0 Å². The van der Waals surface area contributed by atoms with Gasteiger partial charge in [-0.2, -0.15) is 0 Å². The molecule has 1 atom stereocenters. The molecule has 134 valence electrons. The van der Waals surface area contributed by atoms with Gasteiger partial charge >= 0.3 is 0 Å². The van der Waals surface area contributed by atoms with E-state index in [1.807, 2.05) is 0 Å². The molecule has 0 amide bonds. The lowest BCUT2D eigenvalue weighted by molar-refractivity contribution is -0.00643. The molecule has 0 spiro atoms. The molecule has 0 aromatic rings. The van der Waals surface area contributed by atoms with Crippen LogP contribution >= 0.6 is 0 Å². The lowest BCUT2D eigenvalue weighted by atomic mass is 10.0. The quantitative estimate of drug-likeness (QED) is 0.394. The molecular formula is C17H36O5. The van der Waals surface area contributed by atoms with E-state index in [1.165, 1.54) is 25.7 Å². The molecule has 0 saturated heterocycles. The fraction of sp³-hybridized carbons (Fsp3) is 1.00. The van der Waals surface area contributed by atoms with Crippen LogP contribution in [0.3, 0.4) is 0 Å². The fourth-order valence-electron chi connectivity index (χ4n) is 2.00. The molecule has 1 unspecified atom stereocenters. The zero-order valence-electron chi connectivity index (χ0n) is 14.6. The van der Waals surface area contributed by atoms with Crippen molar-refractivity contribution < 1.29 is 24.1 Å². The number of hydrogen-bond donors (Lipinski definition) is 1. The first-order valence-electron chi connectivity index (χ1n) is 8.73. The number of hydrogen-bond acceptors (Lipinski definition) is 5. The predicted octanol–water partition coefficient (Wildman–Crippen LogP) is 2.65. The Morgan fingerprint density at radius 2 is 1.18 bits per heavy atom. The van der Waals surface area contributed by atoms with Crippen LogP contribution in [0.2, 0.25) is 0 Å². The Bertz CT molecular complexity index is 201. The van der Waals surface area contributed by atoms with Gasteiger partial charge in [0, 0.05) is 6.61 Å². The molecule has 0 radical (unpaired) electrons. The average Bonchev–Trinajstić information content (AvgIpc) is 2.52. The van der Waals surface area contributed by atoms with Crippen LogP contribution in [0.1, 0.15) is 46.0 Å². The summed E-state index contributed by atoms with van der Waals surface area (Å²) < 4.78 is 21.4. The molecule has 0 saturated carbocycles. The smallest absolute Gasteiger partial charge is 0.0701 e. The summed E-state index contributed by atoms with van der Waals surface area (Å²) in [5.74, 6) is 0.758. The Morgan fingerprint density at radius 1 is 0.682 bits per heavy atom. The number of unbranched alkanes of at least 4 members (excludes halogenated alkanes) is 2. The van der Waals surface area contributed by atoms with Gasteiger partial charge in [-0.1, -0.05) is 39.5 Å². The number of aliphatic hydroxyl groups is 1. The van der Waals surface area contributed by atoms with E-state index in [-0.39, 0.29) is 6.61 Å². The zero-order valence-corrected chi connectivity index (χ0v) is 14.6. The second-order valence-electron chi connectivity index (χ2n) is 5.56. The minimum Gasteiger partial charge on any atom is -0.394 e. The third kappa shape index (κ3) is 17.9. The predicted molar refractivity (Wildman–Crippen MR) is 88.3 cm³/mol. The van der Waals surface area contributed by atoms with Crippen molar-refractivity contribution in [3.63, 3.8) is 0 Å². The Labute approximate surface area is 136 Å². The van der Waals surface area contributed by atoms with Crippen LogP contribution in [-0.4, -0.2) is 64.6 Å². The van der Waals surface area contributed by atoms with Crippen molar-refractivity contribution in [2.24, 2.45) is 5.92 Å². The van der Waals surface area contributed by atoms with Crippen molar-refractivity contribution in [3.05, 3.63) is 0 Å². The van der Waals surface area contributed by atoms with Gasteiger partial charge in [-0.3, -0.25) is 0 Å². The molecule has 0 fully saturated rings. The first-order valence-corrected chi connectivity index (χ1v) is 8.73. The van der Waals surface area contributed by atoms with Crippen LogP contribution in [0.25, 0.3) is 0 Å². The van der Waals surface area contributed by atoms with Crippen molar-refractivity contribution in [2.45, 2.75) is 46.0 Å². The van der Waals surface area contributed by atoms with E-state index in [1.54, 1.807) is 0 Å². The SMILES string of the molecule is CCCCCC(C)CCOCCOCCOCCOCCO. The first kappa shape index (κ1) is 21.8. The molecule has 0 aliphatic carbocycles. The number of aliphatic hydroxyl groups excluding tert-OH is 1. The fourth-order valence-corrected chi connectivity index (χ4v) is 2.00. The monoisotopic (exact) mass is 320 g/mol. The third-order valence-electron chi connectivity index (χ3n) is 3.41. The minimum absolute atomic E-state index is 0.0562. The van der Waals surface area contributed by atoms with Gasteiger partial charge in [0.05, 0.1) is 52.9 Å². The molecule has 0 aromatic carbocycles. The van der Waals surface area contributed by atoms with E-state index in [0.29, 0.717) is 46.2 Å². The Kier molecular flexibility index (Phi) is 18.7. The third-order valence-corrected chi connectivity index (χ3v) is 3.41. The Morgan fingerprint density at radius 3 is 1.68 bits per heavy atom. The molecule has 0 aliphatic heterocycles. The van der Waals surface area contributed by atoms with E-state index >= 15 is 0 Å². The van der Waals surface area contributed by atoms with E-state index in [0.717, 1.165) is 18.9 Å². The van der Waals surface area contributed by atoms with Crippen LogP contribution in [0.5, 0.6) is 0 Å². The largest absolute Gasteiger partial charge is 0.394 e. The van der Waals surface area contributed by atoms with E-state index in [4.69, 9.17) is 24.1 Å². The molecule has 5 nitrogen and oxygen atoms in total. The first-order chi connectivity index (χ1) is 10.8. The lowest BCUT2D eigenvalue weighted by Crippen LogP contribution is -2.13. The Hall–Kier alpha value is -0.200. The second kappa shape index (κ2) is 18.8. The van der Waals surface area contributed by atoms with Gasteiger partial charge in [0.2, 0.25) is 0 Å². The highest BCUT2D eigenvalue weighted by Gasteiger charge is 2.01. The summed E-state index contributed by atoms with van der Waals surface area (Å²) in [5.41, 5.74) is 0. The molecule has 5 heteroatoms. The summed E-state index contributed by atoms with van der Waals surface area (Å²) in [4.78, 5) is 0. The van der Waals surface area contributed by atoms with Gasteiger partial charge in [-0.25, -0.2) is 0 Å². The molecule has 0 heterocycles. The maximum absolute atomic E-state index is 8.51. The van der Waals surface area contributed by atoms with Gasteiger partial charge in [0.15, 0.2) is 0 Å². The van der Waals surface area contributed by atoms with Crippen molar-refractivity contribution in [3.8, 4) is 0 Å². The van der Waals surface area contributed by atoms with Crippen molar-refractivity contribution in [1.29, 1.82) is 0 Å². The summed E-state index contributed by atoms with van der Waals surface area (Å²) in [6.45, 7) is 9.27. The standard InChI is InChI=1S/C17H36O5/c1-3-4-5-6-17(2)7-9-19-11-13-21-15-16-22-14-12-20-10-8-18/h17-18H,3-16H2,1-2H3. The van der Waals surface area contributed by atoms with Gasteiger partial charge in [-0.05, 0) is 12.3 Å². The average molecular weight is 320 g/mol. The summed E-state index contributed by atoms with van der Waals surface area (Å²) in [7, 11) is 0. The summed E-state index contributed by atoms with van der Waals surface area (Å²) in [6, 6.07) is 0. The summed E-state index contributed by atoms with van der Waals surface area (Å²) in [5, 5.41) is 8.51. The molecule has 0 rings (SSSR count). The maximum atomic E-state index is 8.51. The van der Waals surface area contributed by atoms with E-state index < -0.39 is 0 Å². The molecule has 0 aliphatic rings. The van der Waals surface area contributed by atoms with E-state index in [9.17, 15) is 0 Å². The van der Waals surface area contributed by atoms with Crippen LogP contribution in [0, 0.1) is 5.92 Å². The molecule has 22 heavy (non-hydrogen) atoms. The summed E-state index contributed by atoms with van der Waals surface area (Å²) in [6.07, 6.45) is 6.42. The highest BCUT2D eigenvalue weighted by Crippen LogP contribution is 2.12. The van der Waals surface area contributed by atoms with Crippen molar-refractivity contribution in [2.75, 3.05) is 59.5 Å². The van der Waals surface area contributed by atoms with Gasteiger partial charge in [0.1, 0.15) is 0 Å². The number of rotatable bonds is 18. The van der Waals surface area contributed by atoms with Crippen molar-refractivity contribution >= 4 is 0 Å². The molecule has 0 bridgehead atoms. The molecular weight excluding hydrogens is 284 g/mol. The molecule has 0 aromatic heterocycles. The van der Waals surface area contributed by atoms with Crippen molar-refractivity contribution in [1.82, 2.24) is 0 Å². The van der Waals surface area contributed by atoms with Gasteiger partial charge < -0.3 is 24.1 Å².